The number of carbonyl (C=O) groups excluding carboxylic acids is 1. The lowest BCUT2D eigenvalue weighted by Gasteiger charge is -2.17. The molecule has 0 saturated carbocycles. The van der Waals surface area contributed by atoms with Crippen molar-refractivity contribution in [2.24, 2.45) is 5.92 Å². The zero-order chi connectivity index (χ0) is 13.7. The summed E-state index contributed by atoms with van der Waals surface area (Å²) in [6.45, 7) is 1.75. The quantitative estimate of drug-likeness (QED) is 0.847. The third kappa shape index (κ3) is 4.50. The first kappa shape index (κ1) is 14.7. The number of carboxylic acid groups (broad SMARTS) is 1. The third-order valence-electron chi connectivity index (χ3n) is 2.33. The summed E-state index contributed by atoms with van der Waals surface area (Å²) in [5.41, 5.74) is 0. The van der Waals surface area contributed by atoms with Crippen LogP contribution in [0.4, 0.5) is 0 Å². The average molecular weight is 288 g/mol. The van der Waals surface area contributed by atoms with Gasteiger partial charge in [0, 0.05) is 24.5 Å². The van der Waals surface area contributed by atoms with Gasteiger partial charge in [-0.1, -0.05) is 18.5 Å². The molecule has 0 aliphatic rings. The van der Waals surface area contributed by atoms with Gasteiger partial charge in [0.2, 0.25) is 5.91 Å². The van der Waals surface area contributed by atoms with E-state index in [1.165, 1.54) is 22.3 Å². The van der Waals surface area contributed by atoms with E-state index in [4.69, 9.17) is 16.7 Å². The number of carbonyl (C=O) groups is 2. The van der Waals surface area contributed by atoms with Crippen LogP contribution in [0.1, 0.15) is 11.8 Å². The second-order valence-corrected chi connectivity index (χ2v) is 5.68. The standard InChI is InChI=1S/C12H14ClNO3S/c1-8(12(16)17)7-14(2)11(15)6-4-9-3-5-10(13)18-9/h3-6,8H,7H2,1-2H3,(H,16,17). The number of hydrogen-bond donors (Lipinski definition) is 1. The van der Waals surface area contributed by atoms with Crippen LogP contribution in [-0.2, 0) is 9.59 Å². The zero-order valence-electron chi connectivity index (χ0n) is 10.1. The number of likely N-dealkylation sites (N-methyl/N-ethyl adjacent to an activating group) is 1. The summed E-state index contributed by atoms with van der Waals surface area (Å²) in [5, 5.41) is 8.75. The molecule has 0 aliphatic carbocycles. The molecule has 1 N–H and O–H groups in total. The number of hydrogen-bond acceptors (Lipinski definition) is 3. The fourth-order valence-corrected chi connectivity index (χ4v) is 2.24. The van der Waals surface area contributed by atoms with Crippen LogP contribution in [0.15, 0.2) is 18.2 Å². The Balaban J connectivity index is 2.54. The van der Waals surface area contributed by atoms with Gasteiger partial charge in [0.05, 0.1) is 10.3 Å². The van der Waals surface area contributed by atoms with E-state index in [9.17, 15) is 9.59 Å². The SMILES string of the molecule is CC(CN(C)C(=O)C=Cc1ccc(Cl)s1)C(=O)O. The topological polar surface area (TPSA) is 57.6 Å². The highest BCUT2D eigenvalue weighted by atomic mass is 35.5. The Morgan fingerprint density at radius 3 is 2.72 bits per heavy atom. The van der Waals surface area contributed by atoms with Gasteiger partial charge in [0.25, 0.3) is 0 Å². The second-order valence-electron chi connectivity index (χ2n) is 3.93. The fraction of sp³-hybridized carbons (Fsp3) is 0.333. The van der Waals surface area contributed by atoms with Crippen molar-refractivity contribution in [3.05, 3.63) is 27.4 Å². The minimum absolute atomic E-state index is 0.184. The van der Waals surface area contributed by atoms with E-state index in [-0.39, 0.29) is 12.5 Å². The Morgan fingerprint density at radius 2 is 2.22 bits per heavy atom. The summed E-state index contributed by atoms with van der Waals surface area (Å²) in [6, 6.07) is 3.57. The van der Waals surface area contributed by atoms with Crippen molar-refractivity contribution in [1.29, 1.82) is 0 Å². The van der Waals surface area contributed by atoms with Crippen molar-refractivity contribution in [2.45, 2.75) is 6.92 Å². The highest BCUT2D eigenvalue weighted by molar-refractivity contribution is 7.17. The first-order valence-electron chi connectivity index (χ1n) is 5.31. The van der Waals surface area contributed by atoms with Gasteiger partial charge in [-0.15, -0.1) is 11.3 Å². The van der Waals surface area contributed by atoms with Crippen molar-refractivity contribution in [3.8, 4) is 0 Å². The largest absolute Gasteiger partial charge is 0.481 e. The van der Waals surface area contributed by atoms with E-state index >= 15 is 0 Å². The molecule has 1 aromatic heterocycles. The Hall–Kier alpha value is -1.33. The first-order valence-corrected chi connectivity index (χ1v) is 6.51. The molecule has 0 aromatic carbocycles. The van der Waals surface area contributed by atoms with E-state index in [0.29, 0.717) is 4.34 Å². The van der Waals surface area contributed by atoms with Crippen LogP contribution in [0.3, 0.4) is 0 Å². The van der Waals surface area contributed by atoms with Crippen molar-refractivity contribution < 1.29 is 14.7 Å². The number of rotatable bonds is 5. The molecule has 1 atom stereocenters. The molecule has 98 valence electrons. The van der Waals surface area contributed by atoms with Crippen molar-refractivity contribution >= 4 is 40.9 Å². The molecule has 0 aliphatic heterocycles. The summed E-state index contributed by atoms with van der Waals surface area (Å²) in [4.78, 5) is 24.6. The molecule has 6 heteroatoms. The zero-order valence-corrected chi connectivity index (χ0v) is 11.7. The van der Waals surface area contributed by atoms with Crippen molar-refractivity contribution in [1.82, 2.24) is 4.90 Å². The molecule has 1 heterocycles. The van der Waals surface area contributed by atoms with Crippen LogP contribution in [0, 0.1) is 5.92 Å². The average Bonchev–Trinajstić information content (AvgIpc) is 2.71. The molecule has 0 bridgehead atoms. The summed E-state index contributed by atoms with van der Waals surface area (Å²) in [5.74, 6) is -1.72. The van der Waals surface area contributed by atoms with Crippen LogP contribution in [0.2, 0.25) is 4.34 Å². The predicted molar refractivity (Wildman–Crippen MR) is 72.8 cm³/mol. The molecule has 1 rings (SSSR count). The molecule has 0 spiro atoms. The van der Waals surface area contributed by atoms with Crippen LogP contribution >= 0.6 is 22.9 Å². The van der Waals surface area contributed by atoms with Gasteiger partial charge >= 0.3 is 5.97 Å². The van der Waals surface area contributed by atoms with Gasteiger partial charge in [0.15, 0.2) is 0 Å². The molecule has 0 fully saturated rings. The monoisotopic (exact) mass is 287 g/mol. The molecular formula is C12H14ClNO3S. The summed E-state index contributed by atoms with van der Waals surface area (Å²) in [7, 11) is 1.58. The second kappa shape index (κ2) is 6.56. The van der Waals surface area contributed by atoms with Crippen LogP contribution < -0.4 is 0 Å². The Bertz CT molecular complexity index is 470. The van der Waals surface area contributed by atoms with E-state index in [1.54, 1.807) is 26.1 Å². The smallest absolute Gasteiger partial charge is 0.308 e. The first-order chi connectivity index (χ1) is 8.40. The molecule has 0 saturated heterocycles. The normalized spacial score (nSPS) is 12.6. The Labute approximate surface area is 114 Å². The summed E-state index contributed by atoms with van der Waals surface area (Å²) >= 11 is 7.14. The lowest BCUT2D eigenvalue weighted by molar-refractivity contribution is -0.142. The highest BCUT2D eigenvalue weighted by Gasteiger charge is 2.15. The molecule has 1 amide bonds. The van der Waals surface area contributed by atoms with E-state index < -0.39 is 11.9 Å². The molecule has 4 nitrogen and oxygen atoms in total. The number of amides is 1. The van der Waals surface area contributed by atoms with Crippen molar-refractivity contribution in [2.75, 3.05) is 13.6 Å². The lowest BCUT2D eigenvalue weighted by Crippen LogP contribution is -2.32. The number of nitrogens with zero attached hydrogens (tertiary/aromatic N) is 1. The number of thiophene rings is 1. The molecule has 18 heavy (non-hydrogen) atoms. The van der Waals surface area contributed by atoms with Gasteiger partial charge in [0.1, 0.15) is 0 Å². The fourth-order valence-electron chi connectivity index (χ4n) is 1.28. The Kier molecular flexibility index (Phi) is 5.37. The van der Waals surface area contributed by atoms with Gasteiger partial charge in [-0.05, 0) is 18.2 Å². The summed E-state index contributed by atoms with van der Waals surface area (Å²) < 4.78 is 0.662. The highest BCUT2D eigenvalue weighted by Crippen LogP contribution is 2.22. The minimum atomic E-state index is -0.913. The van der Waals surface area contributed by atoms with Gasteiger partial charge in [-0.2, -0.15) is 0 Å². The molecular weight excluding hydrogens is 274 g/mol. The molecule has 1 unspecified atom stereocenters. The maximum Gasteiger partial charge on any atom is 0.308 e. The Morgan fingerprint density at radius 1 is 1.56 bits per heavy atom. The maximum atomic E-state index is 11.7. The number of halogens is 1. The van der Waals surface area contributed by atoms with E-state index in [1.807, 2.05) is 6.07 Å². The molecule has 1 aromatic rings. The van der Waals surface area contributed by atoms with E-state index in [0.717, 1.165) is 4.88 Å². The number of carboxylic acids is 1. The minimum Gasteiger partial charge on any atom is -0.481 e. The summed E-state index contributed by atoms with van der Waals surface area (Å²) in [6.07, 6.45) is 3.08. The van der Waals surface area contributed by atoms with Crippen molar-refractivity contribution in [3.63, 3.8) is 0 Å². The van der Waals surface area contributed by atoms with Crippen LogP contribution in [-0.4, -0.2) is 35.5 Å². The van der Waals surface area contributed by atoms with Gasteiger partial charge in [-0.25, -0.2) is 0 Å². The predicted octanol–water partition coefficient (Wildman–Crippen LogP) is 2.59. The lowest BCUT2D eigenvalue weighted by atomic mass is 10.2. The maximum absolute atomic E-state index is 11.7. The third-order valence-corrected chi connectivity index (χ3v) is 3.53. The van der Waals surface area contributed by atoms with Crippen LogP contribution in [0.5, 0.6) is 0 Å². The van der Waals surface area contributed by atoms with Crippen LogP contribution in [0.25, 0.3) is 6.08 Å². The number of aliphatic carboxylic acids is 1. The van der Waals surface area contributed by atoms with E-state index in [2.05, 4.69) is 0 Å². The van der Waals surface area contributed by atoms with Gasteiger partial charge < -0.3 is 10.0 Å². The molecule has 0 radical (unpaired) electrons. The van der Waals surface area contributed by atoms with Gasteiger partial charge in [-0.3, -0.25) is 9.59 Å².